The number of alkyl halides is 3. The van der Waals surface area contributed by atoms with Crippen LogP contribution in [0.5, 0.6) is 11.5 Å². The van der Waals surface area contributed by atoms with Crippen LogP contribution in [0.2, 0.25) is 0 Å². The van der Waals surface area contributed by atoms with Crippen LogP contribution in [-0.4, -0.2) is 19.4 Å². The lowest BCUT2D eigenvalue weighted by Crippen LogP contribution is -2.25. The summed E-state index contributed by atoms with van der Waals surface area (Å²) >= 11 is 0. The number of carbonyl (C=O) groups is 1. The summed E-state index contributed by atoms with van der Waals surface area (Å²) in [5.74, 6) is 0.0501. The van der Waals surface area contributed by atoms with Crippen molar-refractivity contribution < 1.29 is 27.4 Å². The fraction of sp³-hybridized carbons (Fsp3) is 0.235. The second-order valence-electron chi connectivity index (χ2n) is 4.96. The van der Waals surface area contributed by atoms with Gasteiger partial charge in [0.25, 0.3) is 0 Å². The molecule has 0 heterocycles. The molecule has 0 unspecified atom stereocenters. The van der Waals surface area contributed by atoms with E-state index in [1.165, 1.54) is 18.2 Å². The summed E-state index contributed by atoms with van der Waals surface area (Å²) in [4.78, 5) is 11.9. The molecule has 0 atom stereocenters. The highest BCUT2D eigenvalue weighted by Crippen LogP contribution is 2.26. The largest absolute Gasteiger partial charge is 0.573 e. The number of carbonyl (C=O) groups excluding carboxylic acids is 1. The predicted molar refractivity (Wildman–Crippen MR) is 81.7 cm³/mol. The average Bonchev–Trinajstić information content (AvgIpc) is 2.53. The van der Waals surface area contributed by atoms with Gasteiger partial charge in [0.1, 0.15) is 11.5 Å². The minimum absolute atomic E-state index is 0.0543. The quantitative estimate of drug-likeness (QED) is 0.877. The van der Waals surface area contributed by atoms with Gasteiger partial charge < -0.3 is 14.8 Å². The third-order valence-corrected chi connectivity index (χ3v) is 3.20. The molecule has 0 aliphatic rings. The smallest absolute Gasteiger partial charge is 0.497 e. The van der Waals surface area contributed by atoms with Crippen molar-refractivity contribution in [1.29, 1.82) is 0 Å². The number of amides is 1. The first-order valence-corrected chi connectivity index (χ1v) is 7.10. The average molecular weight is 339 g/mol. The molecule has 0 saturated carbocycles. The zero-order chi connectivity index (χ0) is 17.6. The van der Waals surface area contributed by atoms with Gasteiger partial charge in [-0.15, -0.1) is 13.2 Å². The Hall–Kier alpha value is -2.70. The number of para-hydroxylation sites is 1. The molecule has 24 heavy (non-hydrogen) atoms. The molecule has 0 bridgehead atoms. The number of hydrogen-bond donors (Lipinski definition) is 1. The Bertz CT molecular complexity index is 684. The topological polar surface area (TPSA) is 47.6 Å². The lowest BCUT2D eigenvalue weighted by atomic mass is 10.1. The van der Waals surface area contributed by atoms with E-state index in [0.717, 1.165) is 5.56 Å². The first-order valence-electron chi connectivity index (χ1n) is 7.10. The molecule has 0 spiro atoms. The van der Waals surface area contributed by atoms with E-state index >= 15 is 0 Å². The Kier molecular flexibility index (Phi) is 5.68. The van der Waals surface area contributed by atoms with Crippen molar-refractivity contribution in [2.24, 2.45) is 0 Å². The Labute approximate surface area is 137 Å². The van der Waals surface area contributed by atoms with Gasteiger partial charge in [-0.05, 0) is 23.8 Å². The number of ether oxygens (including phenoxy) is 2. The van der Waals surface area contributed by atoms with E-state index < -0.39 is 6.36 Å². The van der Waals surface area contributed by atoms with Gasteiger partial charge in [-0.3, -0.25) is 4.79 Å². The second kappa shape index (κ2) is 7.72. The third kappa shape index (κ3) is 5.49. The number of hydrogen-bond acceptors (Lipinski definition) is 3. The first kappa shape index (κ1) is 17.7. The molecule has 0 saturated heterocycles. The van der Waals surface area contributed by atoms with E-state index in [2.05, 4.69) is 10.1 Å². The highest BCUT2D eigenvalue weighted by molar-refractivity contribution is 5.78. The van der Waals surface area contributed by atoms with Crippen LogP contribution < -0.4 is 14.8 Å². The lowest BCUT2D eigenvalue weighted by Gasteiger charge is -2.13. The molecule has 0 radical (unpaired) electrons. The molecule has 2 aromatic carbocycles. The molecule has 0 aromatic heterocycles. The molecule has 4 nitrogen and oxygen atoms in total. The molecule has 2 rings (SSSR count). The SMILES string of the molecule is COc1ccc(CC(=O)NCc2ccccc2OC(F)(F)F)cc1. The monoisotopic (exact) mass is 339 g/mol. The second-order valence-corrected chi connectivity index (χ2v) is 4.96. The molecule has 1 amide bonds. The molecule has 7 heteroatoms. The molecule has 0 fully saturated rings. The molecule has 128 valence electrons. The molecule has 0 aliphatic heterocycles. The standard InChI is InChI=1S/C17H16F3NO3/c1-23-14-8-6-12(7-9-14)10-16(22)21-11-13-4-2-3-5-15(13)24-17(18,19)20/h2-9H,10-11H2,1H3,(H,21,22). The number of halogens is 3. The van der Waals surface area contributed by atoms with Gasteiger partial charge in [0.05, 0.1) is 13.5 Å². The van der Waals surface area contributed by atoms with Crippen LogP contribution in [0.3, 0.4) is 0 Å². The maximum atomic E-state index is 12.3. The molecule has 2 aromatic rings. The van der Waals surface area contributed by atoms with Crippen LogP contribution in [0.1, 0.15) is 11.1 Å². The first-order chi connectivity index (χ1) is 11.4. The van der Waals surface area contributed by atoms with Crippen LogP contribution in [0.25, 0.3) is 0 Å². The zero-order valence-corrected chi connectivity index (χ0v) is 12.9. The Morgan fingerprint density at radius 1 is 1.08 bits per heavy atom. The van der Waals surface area contributed by atoms with Gasteiger partial charge in [0, 0.05) is 12.1 Å². The van der Waals surface area contributed by atoms with Crippen molar-refractivity contribution in [3.05, 3.63) is 59.7 Å². The van der Waals surface area contributed by atoms with Crippen molar-refractivity contribution in [2.45, 2.75) is 19.3 Å². The van der Waals surface area contributed by atoms with Crippen LogP contribution in [0.4, 0.5) is 13.2 Å². The maximum absolute atomic E-state index is 12.3. The van der Waals surface area contributed by atoms with Crippen molar-refractivity contribution in [3.63, 3.8) is 0 Å². The van der Waals surface area contributed by atoms with Gasteiger partial charge in [-0.1, -0.05) is 30.3 Å². The van der Waals surface area contributed by atoms with Crippen molar-refractivity contribution in [1.82, 2.24) is 5.32 Å². The number of benzene rings is 2. The lowest BCUT2D eigenvalue weighted by molar-refractivity contribution is -0.274. The number of methoxy groups -OCH3 is 1. The van der Waals surface area contributed by atoms with Crippen LogP contribution in [-0.2, 0) is 17.8 Å². The van der Waals surface area contributed by atoms with Crippen LogP contribution in [0.15, 0.2) is 48.5 Å². The molecular weight excluding hydrogens is 323 g/mol. The van der Waals surface area contributed by atoms with E-state index in [9.17, 15) is 18.0 Å². The molecular formula is C17H16F3NO3. The van der Waals surface area contributed by atoms with E-state index in [-0.39, 0.29) is 30.2 Å². The van der Waals surface area contributed by atoms with Crippen molar-refractivity contribution >= 4 is 5.91 Å². The van der Waals surface area contributed by atoms with Crippen LogP contribution in [0, 0.1) is 0 Å². The maximum Gasteiger partial charge on any atom is 0.573 e. The van der Waals surface area contributed by atoms with Gasteiger partial charge in [-0.25, -0.2) is 0 Å². The predicted octanol–water partition coefficient (Wildman–Crippen LogP) is 3.45. The van der Waals surface area contributed by atoms with Gasteiger partial charge in [0.15, 0.2) is 0 Å². The summed E-state index contributed by atoms with van der Waals surface area (Å²) in [5.41, 5.74) is 1.02. The summed E-state index contributed by atoms with van der Waals surface area (Å²) in [6, 6.07) is 12.6. The summed E-state index contributed by atoms with van der Waals surface area (Å²) in [5, 5.41) is 2.58. The molecule has 0 aliphatic carbocycles. The van der Waals surface area contributed by atoms with Gasteiger partial charge >= 0.3 is 6.36 Å². The fourth-order valence-corrected chi connectivity index (χ4v) is 2.06. The minimum atomic E-state index is -4.77. The summed E-state index contributed by atoms with van der Waals surface area (Å²) in [7, 11) is 1.54. The molecule has 1 N–H and O–H groups in total. The summed E-state index contributed by atoms with van der Waals surface area (Å²) in [6.45, 7) is -0.0543. The Morgan fingerprint density at radius 3 is 2.38 bits per heavy atom. The van der Waals surface area contributed by atoms with Gasteiger partial charge in [-0.2, -0.15) is 0 Å². The summed E-state index contributed by atoms with van der Waals surface area (Å²) < 4.78 is 46.0. The highest BCUT2D eigenvalue weighted by atomic mass is 19.4. The third-order valence-electron chi connectivity index (χ3n) is 3.20. The normalized spacial score (nSPS) is 11.0. The van der Waals surface area contributed by atoms with E-state index in [4.69, 9.17) is 4.74 Å². The van der Waals surface area contributed by atoms with Crippen LogP contribution >= 0.6 is 0 Å². The fourth-order valence-electron chi connectivity index (χ4n) is 2.06. The number of rotatable bonds is 6. The van der Waals surface area contributed by atoms with Crippen molar-refractivity contribution in [2.75, 3.05) is 7.11 Å². The van der Waals surface area contributed by atoms with Crippen molar-refractivity contribution in [3.8, 4) is 11.5 Å². The van der Waals surface area contributed by atoms with E-state index in [1.54, 1.807) is 37.4 Å². The van der Waals surface area contributed by atoms with E-state index in [1.807, 2.05) is 0 Å². The van der Waals surface area contributed by atoms with Gasteiger partial charge in [0.2, 0.25) is 5.91 Å². The minimum Gasteiger partial charge on any atom is -0.497 e. The number of nitrogens with one attached hydrogen (secondary N) is 1. The van der Waals surface area contributed by atoms with E-state index in [0.29, 0.717) is 5.75 Å². The summed E-state index contributed by atoms with van der Waals surface area (Å²) in [6.07, 6.45) is -4.66. The highest BCUT2D eigenvalue weighted by Gasteiger charge is 2.31. The zero-order valence-electron chi connectivity index (χ0n) is 12.9. The Morgan fingerprint density at radius 2 is 1.75 bits per heavy atom. The Balaban J connectivity index is 1.94.